The Bertz CT molecular complexity index is 586. The molecule has 112 valence electrons. The molecule has 1 fully saturated rings. The van der Waals surface area contributed by atoms with E-state index >= 15 is 0 Å². The van der Waals surface area contributed by atoms with Crippen molar-refractivity contribution in [2.24, 2.45) is 5.73 Å². The van der Waals surface area contributed by atoms with Crippen LogP contribution in [0.5, 0.6) is 0 Å². The van der Waals surface area contributed by atoms with Gasteiger partial charge in [-0.2, -0.15) is 12.6 Å². The van der Waals surface area contributed by atoms with Gasteiger partial charge >= 0.3 is 10.4 Å². The third-order valence-corrected chi connectivity index (χ3v) is 3.97. The summed E-state index contributed by atoms with van der Waals surface area (Å²) in [4.78, 5) is 24.9. The number of nitrogens with two attached hydrogens (primary N) is 1. The van der Waals surface area contributed by atoms with Gasteiger partial charge in [-0.3, -0.25) is 23.5 Å². The highest BCUT2D eigenvalue weighted by Crippen LogP contribution is 2.32. The van der Waals surface area contributed by atoms with Gasteiger partial charge in [0.1, 0.15) is 6.20 Å². The van der Waals surface area contributed by atoms with E-state index in [1.54, 1.807) is 7.05 Å². The van der Waals surface area contributed by atoms with E-state index in [9.17, 15) is 18.0 Å². The highest BCUT2D eigenvalue weighted by Gasteiger charge is 2.49. The Morgan fingerprint density at radius 2 is 2.30 bits per heavy atom. The third-order valence-electron chi connectivity index (χ3n) is 3.56. The van der Waals surface area contributed by atoms with Crippen molar-refractivity contribution in [3.63, 3.8) is 0 Å². The number of amides is 2. The van der Waals surface area contributed by atoms with Crippen LogP contribution in [0.1, 0.15) is 12.8 Å². The van der Waals surface area contributed by atoms with Crippen LogP contribution in [0, 0.1) is 0 Å². The quantitative estimate of drug-likeness (QED) is 0.371. The number of hydrogen-bond donors (Lipinski definition) is 2. The molecule has 0 radical (unpaired) electrons. The summed E-state index contributed by atoms with van der Waals surface area (Å²) in [6.07, 6.45) is 2.32. The molecule has 1 saturated heterocycles. The van der Waals surface area contributed by atoms with E-state index in [1.165, 1.54) is 11.1 Å². The first-order valence-electron chi connectivity index (χ1n) is 5.94. The summed E-state index contributed by atoms with van der Waals surface area (Å²) in [5.74, 6) is -1.33. The van der Waals surface area contributed by atoms with Gasteiger partial charge in [0, 0.05) is 13.0 Å². The molecule has 2 unspecified atom stereocenters. The first kappa shape index (κ1) is 14.9. The summed E-state index contributed by atoms with van der Waals surface area (Å²) < 4.78 is 34.4. The monoisotopic (exact) mass is 306 g/mol. The molecule has 2 heterocycles. The predicted octanol–water partition coefficient (Wildman–Crippen LogP) is -1.46. The van der Waals surface area contributed by atoms with Crippen molar-refractivity contribution >= 4 is 22.2 Å². The molecule has 9 nitrogen and oxygen atoms in total. The zero-order valence-electron chi connectivity index (χ0n) is 10.9. The summed E-state index contributed by atoms with van der Waals surface area (Å²) in [5.41, 5.74) is 4.97. The van der Waals surface area contributed by atoms with Crippen molar-refractivity contribution in [2.75, 3.05) is 20.3 Å². The van der Waals surface area contributed by atoms with Gasteiger partial charge in [-0.1, -0.05) is 0 Å². The fraction of sp³-hybridized carbons (Fsp3) is 0.600. The molecule has 0 aliphatic carbocycles. The van der Waals surface area contributed by atoms with Crippen molar-refractivity contribution < 1.29 is 31.2 Å². The Morgan fingerprint density at radius 1 is 1.65 bits per heavy atom. The minimum absolute atomic E-state index is 0.149. The second-order valence-electron chi connectivity index (χ2n) is 5.05. The normalized spacial score (nSPS) is 30.1. The number of carbonyl (C=O) groups excluding carboxylic acids is 2. The highest BCUT2D eigenvalue weighted by atomic mass is 32.3. The van der Waals surface area contributed by atoms with Crippen molar-refractivity contribution in [2.45, 2.75) is 19.0 Å². The Hall–Kier alpha value is -1.49. The lowest BCUT2D eigenvalue weighted by molar-refractivity contribution is -0.911. The number of hydrogen-bond acceptors (Lipinski definition) is 5. The van der Waals surface area contributed by atoms with Crippen LogP contribution < -0.4 is 5.73 Å². The highest BCUT2D eigenvalue weighted by molar-refractivity contribution is 7.80. The topological polar surface area (TPSA) is 127 Å². The van der Waals surface area contributed by atoms with E-state index in [-0.39, 0.29) is 16.2 Å². The molecule has 0 spiro atoms. The van der Waals surface area contributed by atoms with Crippen molar-refractivity contribution in [1.82, 2.24) is 4.90 Å². The molecule has 2 rings (SSSR count). The molecular weight excluding hydrogens is 290 g/mol. The summed E-state index contributed by atoms with van der Waals surface area (Å²) >= 11 is 0. The maximum atomic E-state index is 12.1. The molecule has 3 N–H and O–H groups in total. The largest absolute Gasteiger partial charge is 0.401 e. The van der Waals surface area contributed by atoms with Gasteiger partial charge in [0.15, 0.2) is 11.7 Å². The van der Waals surface area contributed by atoms with E-state index in [2.05, 4.69) is 4.18 Å². The number of fused-ring (bicyclic) bond motifs is 1. The van der Waals surface area contributed by atoms with Gasteiger partial charge in [0.2, 0.25) is 6.73 Å². The van der Waals surface area contributed by atoms with E-state index in [0.717, 1.165) is 6.42 Å². The molecule has 0 aromatic carbocycles. The van der Waals surface area contributed by atoms with E-state index in [1.807, 2.05) is 0 Å². The third kappa shape index (κ3) is 2.68. The molecule has 2 aliphatic rings. The Kier molecular flexibility index (Phi) is 3.58. The van der Waals surface area contributed by atoms with Crippen LogP contribution in [0.25, 0.3) is 0 Å². The number of rotatable bonds is 4. The minimum atomic E-state index is -4.61. The van der Waals surface area contributed by atoms with E-state index in [0.29, 0.717) is 13.0 Å². The van der Waals surface area contributed by atoms with Crippen LogP contribution in [0.4, 0.5) is 0 Å². The molecule has 0 aromatic rings. The molecule has 10 heteroatoms. The van der Waals surface area contributed by atoms with Crippen LogP contribution in [0.2, 0.25) is 0 Å². The average Bonchev–Trinajstić information content (AvgIpc) is 2.81. The maximum Gasteiger partial charge on any atom is 0.401 e. The van der Waals surface area contributed by atoms with Gasteiger partial charge in [0.05, 0.1) is 7.05 Å². The van der Waals surface area contributed by atoms with Gasteiger partial charge in [-0.15, -0.1) is 0 Å². The lowest BCUT2D eigenvalue weighted by Crippen LogP contribution is -2.61. The number of quaternary nitrogens is 1. The standard InChI is InChI=1S/C10H15N3O6S/c1-13(6-19-20(16,17)18)5-7(9(11)14)10(15)12-4-2-3-8(12)13/h5,8H,2-4,6H2,1H3,(H2-,11,14,16,17,18)/p+1. The SMILES string of the molecule is C[N+]1(COS(=O)(=O)O)C=C(C(N)=O)C(=O)N2CCCC21. The number of nitrogens with zero attached hydrogens (tertiary/aromatic N) is 2. The van der Waals surface area contributed by atoms with Crippen LogP contribution in [0.3, 0.4) is 0 Å². The summed E-state index contributed by atoms with van der Waals surface area (Å²) in [7, 11) is -3.01. The van der Waals surface area contributed by atoms with Gasteiger partial charge in [0.25, 0.3) is 11.8 Å². The lowest BCUT2D eigenvalue weighted by Gasteiger charge is -2.42. The lowest BCUT2D eigenvalue weighted by atomic mass is 10.1. The van der Waals surface area contributed by atoms with Gasteiger partial charge < -0.3 is 5.73 Å². The summed E-state index contributed by atoms with van der Waals surface area (Å²) in [6.45, 7) is 0.0396. The summed E-state index contributed by atoms with van der Waals surface area (Å²) in [6, 6.07) is 0. The van der Waals surface area contributed by atoms with Crippen LogP contribution >= 0.6 is 0 Å². The molecule has 0 aromatic heterocycles. The molecular formula is C10H16N3O6S+. The molecule has 2 amide bonds. The molecule has 0 saturated carbocycles. The van der Waals surface area contributed by atoms with Gasteiger partial charge in [-0.05, 0) is 6.42 Å². The van der Waals surface area contributed by atoms with Crippen molar-refractivity contribution in [3.05, 3.63) is 11.8 Å². The molecule has 2 aliphatic heterocycles. The first-order chi connectivity index (χ1) is 9.14. The number of primary amides is 1. The van der Waals surface area contributed by atoms with Crippen molar-refractivity contribution in [3.8, 4) is 0 Å². The molecule has 20 heavy (non-hydrogen) atoms. The van der Waals surface area contributed by atoms with Crippen LogP contribution in [-0.2, 0) is 24.2 Å². The van der Waals surface area contributed by atoms with Gasteiger partial charge in [-0.25, -0.2) is 0 Å². The Balaban J connectivity index is 2.37. The molecule has 2 atom stereocenters. The average molecular weight is 306 g/mol. The first-order valence-corrected chi connectivity index (χ1v) is 7.31. The van der Waals surface area contributed by atoms with Crippen LogP contribution in [-0.4, -0.2) is 60.7 Å². The minimum Gasteiger partial charge on any atom is -0.365 e. The second-order valence-corrected chi connectivity index (χ2v) is 6.14. The fourth-order valence-electron chi connectivity index (χ4n) is 2.66. The zero-order chi connectivity index (χ0) is 15.1. The van der Waals surface area contributed by atoms with E-state index in [4.69, 9.17) is 10.3 Å². The zero-order valence-corrected chi connectivity index (χ0v) is 11.7. The van der Waals surface area contributed by atoms with E-state index < -0.39 is 28.9 Å². The van der Waals surface area contributed by atoms with Crippen LogP contribution in [0.15, 0.2) is 11.8 Å². The smallest absolute Gasteiger partial charge is 0.365 e. The molecule has 0 bridgehead atoms. The second kappa shape index (κ2) is 4.81. The maximum absolute atomic E-state index is 12.1. The fourth-order valence-corrected chi connectivity index (χ4v) is 3.02. The Morgan fingerprint density at radius 3 is 2.85 bits per heavy atom. The predicted molar refractivity (Wildman–Crippen MR) is 65.7 cm³/mol. The Labute approximate surface area is 116 Å². The summed E-state index contributed by atoms with van der Waals surface area (Å²) in [5, 5.41) is 0. The van der Waals surface area contributed by atoms with Crippen molar-refractivity contribution in [1.29, 1.82) is 0 Å². The number of carbonyl (C=O) groups is 2.